The fourth-order valence-electron chi connectivity index (χ4n) is 2.88. The van der Waals surface area contributed by atoms with Crippen LogP contribution in [0.1, 0.15) is 26.3 Å². The van der Waals surface area contributed by atoms with Gasteiger partial charge in [0, 0.05) is 24.5 Å². The molecule has 0 heterocycles. The van der Waals surface area contributed by atoms with Gasteiger partial charge in [0.05, 0.1) is 16.4 Å². The van der Waals surface area contributed by atoms with Crippen LogP contribution in [0.3, 0.4) is 0 Å². The molecule has 0 aromatic heterocycles. The fourth-order valence-corrected chi connectivity index (χ4v) is 4.95. The van der Waals surface area contributed by atoms with Crippen molar-refractivity contribution in [2.75, 3.05) is 35.2 Å². The van der Waals surface area contributed by atoms with Crippen LogP contribution in [0.25, 0.3) is 0 Å². The molecule has 0 atom stereocenters. The molecule has 2 N–H and O–H groups in total. The number of rotatable bonds is 11. The van der Waals surface area contributed by atoms with Crippen LogP contribution in [0.4, 0.5) is 11.4 Å². The Morgan fingerprint density at radius 2 is 1.26 bits per heavy atom. The van der Waals surface area contributed by atoms with E-state index in [1.165, 1.54) is 33.8 Å². The second kappa shape index (κ2) is 11.9. The molecule has 0 fully saturated rings. The fraction of sp³-hybridized carbons (Fsp3) is 0.364. The number of anilines is 2. The number of hydrogen-bond donors (Lipinski definition) is 2. The Hall–Kier alpha value is -2.36. The van der Waals surface area contributed by atoms with Crippen molar-refractivity contribution in [3.63, 3.8) is 0 Å². The third-order valence-corrected chi connectivity index (χ3v) is 7.59. The monoisotopic (exact) mass is 463 g/mol. The highest BCUT2D eigenvalue weighted by molar-refractivity contribution is 8.00. The average molecular weight is 464 g/mol. The minimum Gasteiger partial charge on any atom is -0.325 e. The van der Waals surface area contributed by atoms with Crippen LogP contribution in [0.2, 0.25) is 0 Å². The number of amides is 2. The van der Waals surface area contributed by atoms with Crippen LogP contribution in [-0.2, 0) is 26.0 Å². The number of nitrogens with one attached hydrogen (secondary N) is 2. The van der Waals surface area contributed by atoms with Gasteiger partial charge in [0.2, 0.25) is 21.8 Å². The lowest BCUT2D eigenvalue weighted by atomic mass is 10.1. The van der Waals surface area contributed by atoms with Gasteiger partial charge in [0.1, 0.15) is 0 Å². The first kappa shape index (κ1) is 24.9. The van der Waals surface area contributed by atoms with Gasteiger partial charge in [-0.25, -0.2) is 8.42 Å². The standard InChI is InChI=1S/C22H29N3O4S2/c1-4-17-7-9-18(10-8-17)23-21(26)15-30-16-22(27)24-19-11-13-20(14-12-19)31(28,29)25(5-2)6-3/h7-14H,4-6,15-16H2,1-3H3,(H,23,26)(H,24,27). The number of hydrogen-bond acceptors (Lipinski definition) is 5. The summed E-state index contributed by atoms with van der Waals surface area (Å²) >= 11 is 1.21. The number of thioether (sulfide) groups is 1. The predicted octanol–water partition coefficient (Wildman–Crippen LogP) is 3.59. The van der Waals surface area contributed by atoms with Gasteiger partial charge in [-0.3, -0.25) is 9.59 Å². The van der Waals surface area contributed by atoms with Gasteiger partial charge in [-0.05, 0) is 48.4 Å². The smallest absolute Gasteiger partial charge is 0.243 e. The first-order valence-corrected chi connectivity index (χ1v) is 12.8. The Bertz CT molecular complexity index is 971. The topological polar surface area (TPSA) is 95.6 Å². The molecule has 9 heteroatoms. The lowest BCUT2D eigenvalue weighted by Crippen LogP contribution is -2.30. The van der Waals surface area contributed by atoms with Crippen LogP contribution in [-0.4, -0.2) is 49.1 Å². The summed E-state index contributed by atoms with van der Waals surface area (Å²) in [6.07, 6.45) is 0.938. The summed E-state index contributed by atoms with van der Waals surface area (Å²) < 4.78 is 26.4. The number of nitrogens with zero attached hydrogens (tertiary/aromatic N) is 1. The third kappa shape index (κ3) is 7.37. The van der Waals surface area contributed by atoms with Gasteiger partial charge in [0.25, 0.3) is 0 Å². The van der Waals surface area contributed by atoms with Crippen molar-refractivity contribution < 1.29 is 18.0 Å². The largest absolute Gasteiger partial charge is 0.325 e. The average Bonchev–Trinajstić information content (AvgIpc) is 2.75. The molecule has 0 aliphatic carbocycles. The maximum atomic E-state index is 12.5. The Kier molecular flexibility index (Phi) is 9.54. The molecule has 0 bridgehead atoms. The van der Waals surface area contributed by atoms with E-state index in [1.54, 1.807) is 26.0 Å². The van der Waals surface area contributed by atoms with Crippen molar-refractivity contribution in [1.29, 1.82) is 0 Å². The number of carbonyl (C=O) groups is 2. The van der Waals surface area contributed by atoms with Gasteiger partial charge in [-0.2, -0.15) is 4.31 Å². The zero-order valence-corrected chi connectivity index (χ0v) is 19.7. The van der Waals surface area contributed by atoms with Gasteiger partial charge < -0.3 is 10.6 Å². The SMILES string of the molecule is CCc1ccc(NC(=O)CSCC(=O)Nc2ccc(S(=O)(=O)N(CC)CC)cc2)cc1. The van der Waals surface area contributed by atoms with E-state index in [1.807, 2.05) is 24.3 Å². The molecule has 2 aromatic carbocycles. The highest BCUT2D eigenvalue weighted by Crippen LogP contribution is 2.18. The molecule has 0 aliphatic heterocycles. The van der Waals surface area contributed by atoms with Crippen molar-refractivity contribution in [1.82, 2.24) is 4.31 Å². The van der Waals surface area contributed by atoms with Crippen molar-refractivity contribution in [3.8, 4) is 0 Å². The van der Waals surface area contributed by atoms with Gasteiger partial charge >= 0.3 is 0 Å². The number of sulfonamides is 1. The molecule has 0 saturated heterocycles. The third-order valence-electron chi connectivity index (χ3n) is 4.59. The zero-order chi connectivity index (χ0) is 22.9. The summed E-state index contributed by atoms with van der Waals surface area (Å²) in [7, 11) is -3.53. The minimum absolute atomic E-state index is 0.113. The van der Waals surface area contributed by atoms with Gasteiger partial charge in [-0.15, -0.1) is 11.8 Å². The molecule has 0 aliphatic rings. The van der Waals surface area contributed by atoms with Crippen LogP contribution in [0.15, 0.2) is 53.4 Å². The van der Waals surface area contributed by atoms with E-state index in [0.717, 1.165) is 12.1 Å². The summed E-state index contributed by atoms with van der Waals surface area (Å²) in [6.45, 7) is 6.43. The van der Waals surface area contributed by atoms with Crippen molar-refractivity contribution in [3.05, 3.63) is 54.1 Å². The summed E-state index contributed by atoms with van der Waals surface area (Å²) in [5, 5.41) is 5.52. The number of aryl methyl sites for hydroxylation is 1. The Labute approximate surface area is 188 Å². The van der Waals surface area contributed by atoms with E-state index >= 15 is 0 Å². The highest BCUT2D eigenvalue weighted by atomic mass is 32.2. The number of carbonyl (C=O) groups excluding carboxylic acids is 2. The highest BCUT2D eigenvalue weighted by Gasteiger charge is 2.21. The molecule has 0 saturated carbocycles. The van der Waals surface area contributed by atoms with E-state index in [9.17, 15) is 18.0 Å². The maximum Gasteiger partial charge on any atom is 0.243 e. The van der Waals surface area contributed by atoms with Crippen LogP contribution < -0.4 is 10.6 Å². The van der Waals surface area contributed by atoms with Crippen LogP contribution in [0, 0.1) is 0 Å². The normalized spacial score (nSPS) is 11.4. The second-order valence-electron chi connectivity index (χ2n) is 6.75. The van der Waals surface area contributed by atoms with E-state index in [0.29, 0.717) is 18.8 Å². The van der Waals surface area contributed by atoms with E-state index < -0.39 is 10.0 Å². The summed E-state index contributed by atoms with van der Waals surface area (Å²) in [5.74, 6) is -0.163. The van der Waals surface area contributed by atoms with E-state index in [2.05, 4.69) is 17.6 Å². The molecule has 2 rings (SSSR count). The van der Waals surface area contributed by atoms with Gasteiger partial charge in [0.15, 0.2) is 0 Å². The molecule has 0 spiro atoms. The molecular weight excluding hydrogens is 434 g/mol. The predicted molar refractivity (Wildman–Crippen MR) is 127 cm³/mol. The van der Waals surface area contributed by atoms with Crippen LogP contribution in [0.5, 0.6) is 0 Å². The van der Waals surface area contributed by atoms with Gasteiger partial charge in [-0.1, -0.05) is 32.9 Å². The first-order chi connectivity index (χ1) is 14.8. The molecule has 0 unspecified atom stereocenters. The molecular formula is C22H29N3O4S2. The summed E-state index contributed by atoms with van der Waals surface area (Å²) in [4.78, 5) is 24.3. The van der Waals surface area contributed by atoms with E-state index in [4.69, 9.17) is 0 Å². The Morgan fingerprint density at radius 1 is 0.806 bits per heavy atom. The quantitative estimate of drug-likeness (QED) is 0.531. The molecule has 31 heavy (non-hydrogen) atoms. The first-order valence-electron chi connectivity index (χ1n) is 10.2. The molecule has 168 valence electrons. The van der Waals surface area contributed by atoms with E-state index in [-0.39, 0.29) is 28.2 Å². The Morgan fingerprint density at radius 3 is 1.68 bits per heavy atom. The zero-order valence-electron chi connectivity index (χ0n) is 18.1. The lowest BCUT2D eigenvalue weighted by molar-refractivity contribution is -0.114. The Balaban J connectivity index is 1.80. The molecule has 0 radical (unpaired) electrons. The molecule has 2 aromatic rings. The lowest BCUT2D eigenvalue weighted by Gasteiger charge is -2.18. The summed E-state index contributed by atoms with van der Waals surface area (Å²) in [6, 6.07) is 13.7. The molecule has 2 amide bonds. The van der Waals surface area contributed by atoms with Crippen LogP contribution >= 0.6 is 11.8 Å². The minimum atomic E-state index is -3.53. The van der Waals surface area contributed by atoms with Crippen molar-refractivity contribution in [2.45, 2.75) is 32.1 Å². The second-order valence-corrected chi connectivity index (χ2v) is 9.68. The van der Waals surface area contributed by atoms with Crippen molar-refractivity contribution >= 4 is 45.0 Å². The summed E-state index contributed by atoms with van der Waals surface area (Å²) in [5.41, 5.74) is 2.43. The molecule has 7 nitrogen and oxygen atoms in total. The van der Waals surface area contributed by atoms with Crippen molar-refractivity contribution in [2.24, 2.45) is 0 Å². The maximum absolute atomic E-state index is 12.5. The number of benzene rings is 2.